The van der Waals surface area contributed by atoms with Crippen LogP contribution in [0.2, 0.25) is 0 Å². The first-order chi connectivity index (χ1) is 7.27. The third kappa shape index (κ3) is 4.73. The van der Waals surface area contributed by atoms with Crippen molar-refractivity contribution < 1.29 is 18.6 Å². The molecule has 0 fully saturated rings. The van der Waals surface area contributed by atoms with Crippen LogP contribution in [0.5, 0.6) is 0 Å². The fourth-order valence-electron chi connectivity index (χ4n) is 0.460. The van der Waals surface area contributed by atoms with Crippen LogP contribution >= 0.6 is 22.9 Å². The molecule has 0 aliphatic carbocycles. The largest absolute Gasteiger partial charge is 0.446 e. The highest BCUT2D eigenvalue weighted by molar-refractivity contribution is 8.06. The highest BCUT2D eigenvalue weighted by atomic mass is 35.7. The van der Waals surface area contributed by atoms with Crippen LogP contribution in [0.1, 0.15) is 0 Å². The van der Waals surface area contributed by atoms with Gasteiger partial charge in [-0.15, -0.1) is 0 Å². The van der Waals surface area contributed by atoms with E-state index >= 15 is 0 Å². The lowest BCUT2D eigenvalue weighted by molar-refractivity contribution is -0.122. The molecule has 0 heterocycles. The Hall–Kier alpha value is -0.930. The van der Waals surface area contributed by atoms with Gasteiger partial charge in [0, 0.05) is 31.8 Å². The van der Waals surface area contributed by atoms with Crippen molar-refractivity contribution in [2.45, 2.75) is 0 Å². The first-order valence-corrected chi connectivity index (χ1v) is 6.15. The highest BCUT2D eigenvalue weighted by Crippen LogP contribution is 1.98. The van der Waals surface area contributed by atoms with E-state index in [1.165, 1.54) is 19.0 Å². The van der Waals surface area contributed by atoms with Crippen molar-refractivity contribution >= 4 is 50.1 Å². The summed E-state index contributed by atoms with van der Waals surface area (Å²) in [5, 5.41) is 0. The molecular formula is C6H10ClN3O4S2. The van der Waals surface area contributed by atoms with Crippen LogP contribution in [0.3, 0.4) is 0 Å². The molecule has 0 aliphatic rings. The van der Waals surface area contributed by atoms with Crippen LogP contribution in [0.25, 0.3) is 0 Å². The number of nitrogens with one attached hydrogen (secondary N) is 1. The summed E-state index contributed by atoms with van der Waals surface area (Å²) in [7, 11) is 7.22. The van der Waals surface area contributed by atoms with Gasteiger partial charge >= 0.3 is 6.09 Å². The van der Waals surface area contributed by atoms with Crippen molar-refractivity contribution in [2.75, 3.05) is 21.1 Å². The predicted octanol–water partition coefficient (Wildman–Crippen LogP) is -0.208. The summed E-state index contributed by atoms with van der Waals surface area (Å²) in [4.78, 5) is 27.5. The lowest BCUT2D eigenvalue weighted by Gasteiger charge is -2.14. The van der Waals surface area contributed by atoms with Gasteiger partial charge in [-0.1, -0.05) is 12.2 Å². The van der Waals surface area contributed by atoms with Crippen LogP contribution in [-0.2, 0) is 19.8 Å². The zero-order chi connectivity index (χ0) is 12.9. The van der Waals surface area contributed by atoms with E-state index in [4.69, 9.17) is 10.7 Å². The average molecular weight is 288 g/mol. The van der Waals surface area contributed by atoms with Crippen molar-refractivity contribution in [3.8, 4) is 0 Å². The predicted molar refractivity (Wildman–Crippen MR) is 62.7 cm³/mol. The molecule has 0 radical (unpaired) electrons. The molecule has 0 aromatic rings. The molecule has 92 valence electrons. The normalized spacial score (nSPS) is 11.2. The molecule has 16 heavy (non-hydrogen) atoms. The molecule has 1 N–H and O–H groups in total. The van der Waals surface area contributed by atoms with Crippen molar-refractivity contribution in [1.82, 2.24) is 14.7 Å². The standard InChI is InChI=1S/C6H10ClN3O4S2/c1-9(2)5(11)4(15)8-14-6(12)10(3)16(7)13/h1-3H3,(H,8,15). The zero-order valence-electron chi connectivity index (χ0n) is 8.72. The Morgan fingerprint density at radius 2 is 1.88 bits per heavy atom. The Labute approximate surface area is 105 Å². The van der Waals surface area contributed by atoms with Gasteiger partial charge in [-0.3, -0.25) is 4.79 Å². The van der Waals surface area contributed by atoms with E-state index in [1.54, 1.807) is 0 Å². The second kappa shape index (κ2) is 6.61. The smallest absolute Gasteiger partial charge is 0.343 e. The maximum absolute atomic E-state index is 11.2. The number of thiocarbonyl (C=S) groups is 1. The summed E-state index contributed by atoms with van der Waals surface area (Å²) in [6.07, 6.45) is -1.03. The van der Waals surface area contributed by atoms with E-state index < -0.39 is 22.2 Å². The van der Waals surface area contributed by atoms with Crippen LogP contribution in [0, 0.1) is 0 Å². The van der Waals surface area contributed by atoms with Crippen LogP contribution < -0.4 is 5.48 Å². The molecule has 0 saturated carbocycles. The quantitative estimate of drug-likeness (QED) is 0.408. The van der Waals surface area contributed by atoms with E-state index in [2.05, 4.69) is 17.1 Å². The highest BCUT2D eigenvalue weighted by Gasteiger charge is 2.18. The van der Waals surface area contributed by atoms with Crippen molar-refractivity contribution in [2.24, 2.45) is 0 Å². The van der Waals surface area contributed by atoms with E-state index in [0.717, 1.165) is 7.05 Å². The molecule has 1 unspecified atom stereocenters. The fourth-order valence-corrected chi connectivity index (χ4v) is 1.01. The van der Waals surface area contributed by atoms with Crippen molar-refractivity contribution in [3.05, 3.63) is 0 Å². The SMILES string of the molecule is CN(C)C(=O)C(=S)NOC(=O)N(C)S(=O)Cl. The van der Waals surface area contributed by atoms with Gasteiger partial charge in [0.2, 0.25) is 10.2 Å². The lowest BCUT2D eigenvalue weighted by Crippen LogP contribution is -2.41. The summed E-state index contributed by atoms with van der Waals surface area (Å²) in [6.45, 7) is 0. The van der Waals surface area contributed by atoms with E-state index in [1.807, 2.05) is 5.48 Å². The minimum Gasteiger partial charge on any atom is -0.343 e. The fraction of sp³-hybridized carbons (Fsp3) is 0.500. The number of rotatable bonds is 1. The van der Waals surface area contributed by atoms with Gasteiger partial charge in [-0.2, -0.15) is 0 Å². The molecule has 10 heteroatoms. The Morgan fingerprint density at radius 3 is 2.25 bits per heavy atom. The third-order valence-electron chi connectivity index (χ3n) is 1.30. The summed E-state index contributed by atoms with van der Waals surface area (Å²) >= 11 is 4.62. The Bertz CT molecular complexity index is 336. The molecular weight excluding hydrogens is 278 g/mol. The molecule has 7 nitrogen and oxygen atoms in total. The van der Waals surface area contributed by atoms with Gasteiger partial charge in [-0.05, 0) is 0 Å². The molecule has 0 spiro atoms. The number of hydroxylamine groups is 1. The van der Waals surface area contributed by atoms with Crippen LogP contribution in [0.15, 0.2) is 0 Å². The van der Waals surface area contributed by atoms with Crippen molar-refractivity contribution in [3.63, 3.8) is 0 Å². The van der Waals surface area contributed by atoms with E-state index in [-0.39, 0.29) is 4.99 Å². The third-order valence-corrected chi connectivity index (χ3v) is 2.76. The number of likely N-dealkylation sites (N-methyl/N-ethyl adjacent to an activating group) is 1. The van der Waals surface area contributed by atoms with Gasteiger partial charge in [0.1, 0.15) is 0 Å². The Morgan fingerprint density at radius 1 is 1.38 bits per heavy atom. The van der Waals surface area contributed by atoms with Gasteiger partial charge in [0.15, 0.2) is 4.99 Å². The van der Waals surface area contributed by atoms with E-state index in [0.29, 0.717) is 4.31 Å². The van der Waals surface area contributed by atoms with Gasteiger partial charge in [0.05, 0.1) is 0 Å². The van der Waals surface area contributed by atoms with E-state index in [9.17, 15) is 13.8 Å². The topological polar surface area (TPSA) is 79.0 Å². The first kappa shape index (κ1) is 15.1. The molecule has 0 bridgehead atoms. The minimum atomic E-state index is -2.02. The van der Waals surface area contributed by atoms with Crippen LogP contribution in [0.4, 0.5) is 4.79 Å². The Balaban J connectivity index is 4.17. The first-order valence-electron chi connectivity index (χ1n) is 3.81. The van der Waals surface area contributed by atoms with Gasteiger partial charge in [-0.25, -0.2) is 18.8 Å². The zero-order valence-corrected chi connectivity index (χ0v) is 11.1. The molecule has 1 atom stereocenters. The summed E-state index contributed by atoms with van der Waals surface area (Å²) < 4.78 is 11.2. The molecule has 0 aromatic heterocycles. The van der Waals surface area contributed by atoms with Crippen LogP contribution in [-0.4, -0.2) is 51.5 Å². The molecule has 0 saturated heterocycles. The molecule has 0 aliphatic heterocycles. The number of amides is 2. The minimum absolute atomic E-state index is 0.299. The number of nitrogens with zero attached hydrogens (tertiary/aromatic N) is 2. The summed E-state index contributed by atoms with van der Waals surface area (Å²) in [5.41, 5.74) is 1.96. The Kier molecular flexibility index (Phi) is 6.22. The lowest BCUT2D eigenvalue weighted by atomic mass is 10.6. The monoisotopic (exact) mass is 287 g/mol. The number of hydrogen-bond donors (Lipinski definition) is 1. The number of carbonyl (C=O) groups is 2. The van der Waals surface area contributed by atoms with Gasteiger partial charge in [0.25, 0.3) is 5.91 Å². The number of hydrogen-bond acceptors (Lipinski definition) is 5. The number of carbonyl (C=O) groups excluding carboxylic acids is 2. The molecule has 0 rings (SSSR count). The maximum Gasteiger partial charge on any atom is 0.446 e. The molecule has 2 amide bonds. The van der Waals surface area contributed by atoms with Gasteiger partial charge < -0.3 is 9.74 Å². The second-order valence-corrected chi connectivity index (χ2v) is 4.86. The second-order valence-electron chi connectivity index (χ2n) is 2.70. The molecule has 0 aromatic carbocycles. The maximum atomic E-state index is 11.2. The van der Waals surface area contributed by atoms with Crippen molar-refractivity contribution in [1.29, 1.82) is 0 Å². The average Bonchev–Trinajstić information content (AvgIpc) is 2.22. The summed E-state index contributed by atoms with van der Waals surface area (Å²) in [5.74, 6) is -0.530. The number of halogens is 1. The summed E-state index contributed by atoms with van der Waals surface area (Å²) in [6, 6.07) is 0.